The van der Waals surface area contributed by atoms with Crippen LogP contribution in [-0.2, 0) is 4.79 Å². The van der Waals surface area contributed by atoms with E-state index >= 15 is 0 Å². The van der Waals surface area contributed by atoms with Crippen LogP contribution in [0.2, 0.25) is 0 Å². The summed E-state index contributed by atoms with van der Waals surface area (Å²) in [5, 5.41) is 6.00. The second-order valence-electron chi connectivity index (χ2n) is 4.85. The molecule has 0 radical (unpaired) electrons. The predicted molar refractivity (Wildman–Crippen MR) is 66.1 cm³/mol. The van der Waals surface area contributed by atoms with E-state index in [2.05, 4.69) is 10.6 Å². The number of carbonyl (C=O) groups excluding carboxylic acids is 1. The maximum Gasteiger partial charge on any atom is 0.241 e. The second kappa shape index (κ2) is 5.12. The number of amides is 1. The highest BCUT2D eigenvalue weighted by atomic mass is 16.2. The maximum atomic E-state index is 11.8. The fourth-order valence-corrected chi connectivity index (χ4v) is 1.52. The minimum Gasteiger partial charge on any atom is -0.358 e. The van der Waals surface area contributed by atoms with Gasteiger partial charge in [0.2, 0.25) is 5.91 Å². The quantitative estimate of drug-likeness (QED) is 0.816. The van der Waals surface area contributed by atoms with Gasteiger partial charge in [0.25, 0.3) is 0 Å². The van der Waals surface area contributed by atoms with Crippen LogP contribution in [0.5, 0.6) is 0 Å². The lowest BCUT2D eigenvalue weighted by Crippen LogP contribution is -2.45. The van der Waals surface area contributed by atoms with Crippen LogP contribution < -0.4 is 10.6 Å². The molecule has 0 saturated carbocycles. The second-order valence-corrected chi connectivity index (χ2v) is 4.85. The molecule has 0 saturated heterocycles. The molecule has 3 nitrogen and oxygen atoms in total. The molecule has 0 bridgehead atoms. The molecule has 0 fully saturated rings. The molecule has 0 aliphatic rings. The van der Waals surface area contributed by atoms with Gasteiger partial charge in [0.15, 0.2) is 0 Å². The van der Waals surface area contributed by atoms with E-state index in [-0.39, 0.29) is 17.5 Å². The number of rotatable bonds is 3. The van der Waals surface area contributed by atoms with Gasteiger partial charge in [-0.15, -0.1) is 0 Å². The molecule has 0 aromatic heterocycles. The van der Waals surface area contributed by atoms with Crippen LogP contribution in [0.15, 0.2) is 30.3 Å². The summed E-state index contributed by atoms with van der Waals surface area (Å²) in [6.45, 7) is 6.14. The van der Waals surface area contributed by atoms with Gasteiger partial charge in [-0.1, -0.05) is 30.3 Å². The van der Waals surface area contributed by atoms with Crippen molar-refractivity contribution in [3.63, 3.8) is 0 Å². The number of nitrogens with one attached hydrogen (secondary N) is 2. The molecule has 1 rings (SSSR count). The van der Waals surface area contributed by atoms with Crippen LogP contribution in [0, 0.1) is 0 Å². The lowest BCUT2D eigenvalue weighted by molar-refractivity contribution is -0.123. The van der Waals surface area contributed by atoms with Crippen LogP contribution >= 0.6 is 0 Å². The summed E-state index contributed by atoms with van der Waals surface area (Å²) in [4.78, 5) is 11.8. The maximum absolute atomic E-state index is 11.8. The van der Waals surface area contributed by atoms with E-state index in [1.54, 1.807) is 7.05 Å². The van der Waals surface area contributed by atoms with Crippen molar-refractivity contribution < 1.29 is 4.79 Å². The Kier molecular flexibility index (Phi) is 4.07. The van der Waals surface area contributed by atoms with Gasteiger partial charge in [-0.2, -0.15) is 0 Å². The lowest BCUT2D eigenvalue weighted by atomic mass is 10.0. The first kappa shape index (κ1) is 12.7. The summed E-state index contributed by atoms with van der Waals surface area (Å²) in [7, 11) is 1.66. The van der Waals surface area contributed by atoms with Gasteiger partial charge in [-0.3, -0.25) is 10.1 Å². The average Bonchev–Trinajstić information content (AvgIpc) is 2.25. The van der Waals surface area contributed by atoms with E-state index in [4.69, 9.17) is 0 Å². The van der Waals surface area contributed by atoms with Crippen molar-refractivity contribution in [2.75, 3.05) is 7.05 Å². The molecule has 0 spiro atoms. The summed E-state index contributed by atoms with van der Waals surface area (Å²) in [5.41, 5.74) is 0.879. The molecule has 1 unspecified atom stereocenters. The molecule has 1 amide bonds. The van der Waals surface area contributed by atoms with Crippen molar-refractivity contribution in [2.45, 2.75) is 32.4 Å². The van der Waals surface area contributed by atoms with Gasteiger partial charge < -0.3 is 5.32 Å². The molecule has 0 aliphatic carbocycles. The Bertz CT molecular complexity index is 341. The van der Waals surface area contributed by atoms with Crippen LogP contribution in [0.1, 0.15) is 32.4 Å². The number of carbonyl (C=O) groups is 1. The third kappa shape index (κ3) is 3.66. The summed E-state index contributed by atoms with van der Waals surface area (Å²) in [6.07, 6.45) is 0. The fourth-order valence-electron chi connectivity index (χ4n) is 1.52. The van der Waals surface area contributed by atoms with Crippen molar-refractivity contribution in [3.8, 4) is 0 Å². The zero-order valence-corrected chi connectivity index (χ0v) is 10.4. The monoisotopic (exact) mass is 220 g/mol. The zero-order chi connectivity index (χ0) is 12.2. The van der Waals surface area contributed by atoms with Crippen molar-refractivity contribution in [1.82, 2.24) is 10.6 Å². The van der Waals surface area contributed by atoms with E-state index in [0.29, 0.717) is 0 Å². The fraction of sp³-hybridized carbons (Fsp3) is 0.462. The Morgan fingerprint density at radius 3 is 2.19 bits per heavy atom. The molecular weight excluding hydrogens is 200 g/mol. The van der Waals surface area contributed by atoms with E-state index in [0.717, 1.165) is 5.56 Å². The zero-order valence-electron chi connectivity index (χ0n) is 10.4. The Labute approximate surface area is 97.2 Å². The average molecular weight is 220 g/mol. The van der Waals surface area contributed by atoms with Gasteiger partial charge in [-0.05, 0) is 26.3 Å². The number of likely N-dealkylation sites (N-methyl/N-ethyl adjacent to an activating group) is 1. The predicted octanol–water partition coefficient (Wildman–Crippen LogP) is 1.86. The molecule has 0 aliphatic heterocycles. The topological polar surface area (TPSA) is 41.1 Å². The Morgan fingerprint density at radius 2 is 1.75 bits per heavy atom. The SMILES string of the molecule is CNC(=O)C(NC(C)(C)C)c1ccccc1. The van der Waals surface area contributed by atoms with Crippen molar-refractivity contribution in [2.24, 2.45) is 0 Å². The van der Waals surface area contributed by atoms with Gasteiger partial charge in [0.05, 0.1) is 0 Å². The molecular formula is C13H20N2O. The normalized spacial score (nSPS) is 13.2. The third-order valence-electron chi connectivity index (χ3n) is 2.22. The highest BCUT2D eigenvalue weighted by Gasteiger charge is 2.24. The number of benzene rings is 1. The molecule has 1 aromatic carbocycles. The Balaban J connectivity index is 2.93. The first-order valence-electron chi connectivity index (χ1n) is 5.48. The molecule has 2 N–H and O–H groups in total. The molecule has 0 heterocycles. The smallest absolute Gasteiger partial charge is 0.241 e. The molecule has 3 heteroatoms. The molecule has 16 heavy (non-hydrogen) atoms. The first-order valence-corrected chi connectivity index (χ1v) is 5.48. The van der Waals surface area contributed by atoms with Crippen LogP contribution in [0.4, 0.5) is 0 Å². The molecule has 88 valence electrons. The van der Waals surface area contributed by atoms with Crippen molar-refractivity contribution >= 4 is 5.91 Å². The standard InChI is InChI=1S/C13H20N2O/c1-13(2,3)15-11(12(16)14-4)10-8-6-5-7-9-10/h5-9,11,15H,1-4H3,(H,14,16). The number of hydrogen-bond acceptors (Lipinski definition) is 2. The van der Waals surface area contributed by atoms with E-state index in [1.165, 1.54) is 0 Å². The van der Waals surface area contributed by atoms with Gasteiger partial charge in [0, 0.05) is 12.6 Å². The van der Waals surface area contributed by atoms with Gasteiger partial charge in [-0.25, -0.2) is 0 Å². The molecule has 1 aromatic rings. The summed E-state index contributed by atoms with van der Waals surface area (Å²) in [5.74, 6) is -0.0128. The van der Waals surface area contributed by atoms with Gasteiger partial charge in [0.1, 0.15) is 6.04 Å². The largest absolute Gasteiger partial charge is 0.358 e. The molecule has 1 atom stereocenters. The Morgan fingerprint density at radius 1 is 1.19 bits per heavy atom. The van der Waals surface area contributed by atoms with Crippen LogP contribution in [0.3, 0.4) is 0 Å². The van der Waals surface area contributed by atoms with Crippen LogP contribution in [-0.4, -0.2) is 18.5 Å². The van der Waals surface area contributed by atoms with Crippen molar-refractivity contribution in [1.29, 1.82) is 0 Å². The summed E-state index contributed by atoms with van der Waals surface area (Å²) in [6, 6.07) is 9.44. The highest BCUT2D eigenvalue weighted by molar-refractivity contribution is 5.83. The summed E-state index contributed by atoms with van der Waals surface area (Å²) < 4.78 is 0. The first-order chi connectivity index (χ1) is 7.44. The van der Waals surface area contributed by atoms with E-state index in [1.807, 2.05) is 51.1 Å². The minimum absolute atomic E-state index is 0.0128. The third-order valence-corrected chi connectivity index (χ3v) is 2.22. The highest BCUT2D eigenvalue weighted by Crippen LogP contribution is 2.16. The van der Waals surface area contributed by atoms with Crippen molar-refractivity contribution in [3.05, 3.63) is 35.9 Å². The van der Waals surface area contributed by atoms with E-state index < -0.39 is 0 Å². The van der Waals surface area contributed by atoms with E-state index in [9.17, 15) is 4.79 Å². The summed E-state index contributed by atoms with van der Waals surface area (Å²) >= 11 is 0. The van der Waals surface area contributed by atoms with Gasteiger partial charge >= 0.3 is 0 Å². The lowest BCUT2D eigenvalue weighted by Gasteiger charge is -2.27. The van der Waals surface area contributed by atoms with Crippen LogP contribution in [0.25, 0.3) is 0 Å². The number of hydrogen-bond donors (Lipinski definition) is 2. The minimum atomic E-state index is -0.300. The Hall–Kier alpha value is -1.35.